The molecule has 12 nitrogen and oxygen atoms in total. The number of carbonyl (C=O) groups excluding carboxylic acids is 2. The summed E-state index contributed by atoms with van der Waals surface area (Å²) in [6.07, 6.45) is -13.8. The molecule has 2 N–H and O–H groups in total. The standard InChI is InChI=1S/C32H16N8.2C10H11F7O2.Zr/c1-2-10-18-17(9-1)25-33-26(18)38-28-21-13-5-6-14-22(21)30(35-28)40-32-24-16-8-7-15-23(24)31(36-32)39-29-20-12-4-3-11-19(20)27(34-29)37-25;2*1-7(2,3)5(18)4-6(19)8(11,12)9(13,14)10(15,16)17;/h1-16H;2*4,19H,1-3H3;/q-2;;;+2/b;2*6-4-;. The maximum absolute atomic E-state index is 12.9. The second kappa shape index (κ2) is 21.3. The van der Waals surface area contributed by atoms with Crippen LogP contribution in [0, 0.1) is 10.8 Å². The summed E-state index contributed by atoms with van der Waals surface area (Å²) in [7, 11) is 0. The molecule has 0 unspecified atom stereocenters. The third-order valence-electron chi connectivity index (χ3n) is 11.5. The van der Waals surface area contributed by atoms with Crippen LogP contribution < -0.4 is 9.97 Å². The number of aromatic nitrogens is 8. The second-order valence-corrected chi connectivity index (χ2v) is 19.2. The summed E-state index contributed by atoms with van der Waals surface area (Å²) < 4.78 is 173. The van der Waals surface area contributed by atoms with E-state index in [9.17, 15) is 71.1 Å². The molecule has 0 atom stereocenters. The third kappa shape index (κ3) is 11.7. The van der Waals surface area contributed by atoms with Gasteiger partial charge in [0.15, 0.2) is 23.1 Å². The number of rotatable bonds is 6. The van der Waals surface area contributed by atoms with Gasteiger partial charge < -0.3 is 40.1 Å². The fourth-order valence-electron chi connectivity index (χ4n) is 7.00. The Bertz CT molecular complexity index is 3350. The van der Waals surface area contributed by atoms with Crippen molar-refractivity contribution in [1.29, 1.82) is 0 Å². The zero-order valence-electron chi connectivity index (χ0n) is 41.5. The van der Waals surface area contributed by atoms with Gasteiger partial charge in [-0.3, -0.25) is 9.59 Å². The quantitative estimate of drug-likeness (QED) is 0.0915. The number of nitrogens with zero attached hydrogens (tertiary/aromatic N) is 8. The molecule has 2 aliphatic heterocycles. The minimum atomic E-state index is -6.57. The van der Waals surface area contributed by atoms with Gasteiger partial charge in [-0.25, -0.2) is 9.97 Å². The fraction of sp³-hybridized carbons (Fsp3) is 0.269. The van der Waals surface area contributed by atoms with Gasteiger partial charge in [0.1, 0.15) is 0 Å². The van der Waals surface area contributed by atoms with Gasteiger partial charge in [-0.1, -0.05) is 139 Å². The average molecular weight is 1200 g/mol. The van der Waals surface area contributed by atoms with Crippen LogP contribution in [0.5, 0.6) is 0 Å². The van der Waals surface area contributed by atoms with Crippen molar-refractivity contribution in [3.05, 3.63) is 121 Å². The van der Waals surface area contributed by atoms with E-state index in [1.54, 1.807) is 0 Å². The number of hydrogen-bond acceptors (Lipinski definition) is 10. The van der Waals surface area contributed by atoms with Crippen LogP contribution in [0.4, 0.5) is 61.5 Å². The third-order valence-corrected chi connectivity index (χ3v) is 11.5. The van der Waals surface area contributed by atoms with Gasteiger partial charge in [0.2, 0.25) is 0 Å². The summed E-state index contributed by atoms with van der Waals surface area (Å²) in [4.78, 5) is 61.7. The molecule has 0 spiro atoms. The smallest absolute Gasteiger partial charge is 0.506 e. The van der Waals surface area contributed by atoms with Crippen molar-refractivity contribution < 1.29 is 107 Å². The summed E-state index contributed by atoms with van der Waals surface area (Å²) in [5.41, 5.74) is 3.14. The van der Waals surface area contributed by atoms with Crippen molar-refractivity contribution in [3.63, 3.8) is 0 Å². The first-order chi connectivity index (χ1) is 35.9. The van der Waals surface area contributed by atoms with Crippen LogP contribution in [0.15, 0.2) is 121 Å². The molecule has 0 aliphatic carbocycles. The Kier molecular flexibility index (Phi) is 16.4. The molecule has 8 bridgehead atoms. The van der Waals surface area contributed by atoms with Crippen LogP contribution in [0.25, 0.3) is 89.7 Å². The van der Waals surface area contributed by atoms with Crippen molar-refractivity contribution >= 4 is 55.7 Å². The molecule has 0 fully saturated rings. The summed E-state index contributed by atoms with van der Waals surface area (Å²) in [6, 6.07) is 31.8. The van der Waals surface area contributed by atoms with Crippen molar-refractivity contribution in [2.24, 2.45) is 10.8 Å². The molecule has 4 aromatic carbocycles. The van der Waals surface area contributed by atoms with E-state index in [0.29, 0.717) is 45.9 Å². The second-order valence-electron chi connectivity index (χ2n) is 19.2. The maximum atomic E-state index is 12.9. The Hall–Kier alpha value is -7.44. The molecular weight excluding hydrogens is 1160 g/mol. The summed E-state index contributed by atoms with van der Waals surface area (Å²) in [6.45, 7) is 7.24. The molecular formula is C52H38F14N8O4Zr. The molecule has 0 amide bonds. The Morgan fingerprint density at radius 2 is 0.608 bits per heavy atom. The van der Waals surface area contributed by atoms with Crippen LogP contribution in [0.2, 0.25) is 0 Å². The predicted molar refractivity (Wildman–Crippen MR) is 256 cm³/mol. The van der Waals surface area contributed by atoms with E-state index in [2.05, 4.69) is 0 Å². The van der Waals surface area contributed by atoms with Crippen LogP contribution >= 0.6 is 0 Å². The zero-order valence-corrected chi connectivity index (χ0v) is 43.9. The average Bonchev–Trinajstić information content (AvgIpc) is 4.17. The van der Waals surface area contributed by atoms with Gasteiger partial charge in [-0.2, -0.15) is 61.5 Å². The predicted octanol–water partition coefficient (Wildman–Crippen LogP) is 13.9. The van der Waals surface area contributed by atoms with E-state index in [-0.39, 0.29) is 38.4 Å². The Morgan fingerprint density at radius 1 is 0.392 bits per heavy atom. The summed E-state index contributed by atoms with van der Waals surface area (Å²) >= 11 is 0. The molecule has 3 aromatic heterocycles. The van der Waals surface area contributed by atoms with Crippen molar-refractivity contribution in [2.45, 2.75) is 77.6 Å². The van der Waals surface area contributed by atoms with E-state index in [4.69, 9.17) is 50.1 Å². The van der Waals surface area contributed by atoms with Gasteiger partial charge in [0.05, 0.1) is 23.3 Å². The number of aliphatic hydroxyl groups is 2. The molecule has 27 heteroatoms. The first-order valence-corrected chi connectivity index (χ1v) is 22.5. The fourth-order valence-corrected chi connectivity index (χ4v) is 7.00. The molecule has 7 aromatic rings. The molecule has 412 valence electrons. The molecule has 0 radical (unpaired) electrons. The van der Waals surface area contributed by atoms with Crippen LogP contribution in [0.3, 0.4) is 0 Å². The first kappa shape index (κ1) is 60.8. The van der Waals surface area contributed by atoms with Crippen LogP contribution in [0.1, 0.15) is 41.5 Å². The van der Waals surface area contributed by atoms with Gasteiger partial charge >= 0.3 is 62.2 Å². The first-order valence-electron chi connectivity index (χ1n) is 22.5. The monoisotopic (exact) mass is 1190 g/mol. The van der Waals surface area contributed by atoms with Crippen LogP contribution in [-0.2, 0) is 35.8 Å². The molecule has 0 saturated heterocycles. The summed E-state index contributed by atoms with van der Waals surface area (Å²) in [5, 5.41) is 21.0. The van der Waals surface area contributed by atoms with E-state index < -0.39 is 70.0 Å². The number of fused-ring (bicyclic) bond motifs is 20. The number of alkyl halides is 14. The van der Waals surface area contributed by atoms with Gasteiger partial charge in [0, 0.05) is 67.8 Å². The Labute approximate surface area is 455 Å². The molecule has 5 heterocycles. The molecule has 0 saturated carbocycles. The topological polar surface area (TPSA) is 180 Å². The number of halogens is 14. The molecule has 9 rings (SSSR count). The van der Waals surface area contributed by atoms with Crippen molar-refractivity contribution in [1.82, 2.24) is 39.9 Å². The number of hydrogen-bond donors (Lipinski definition) is 2. The van der Waals surface area contributed by atoms with Gasteiger partial charge in [0.25, 0.3) is 0 Å². The SMILES string of the molecule is CC(C)(C)C(=O)/C=C(\O)C(F)(F)C(F)(F)C(F)(F)F.CC(C)(C)C(=O)/C=C(\O)C(F)(F)C(F)(F)C(F)(F)F.[Zr+2].c1ccc2c(c1)-c1nc-2nc2[n-]c(nc3nc(nc4[n-]c(n1)c1ccccc41)-c1ccccc1-3)c1ccccc21. The normalized spacial score (nSPS) is 13.6. The van der Waals surface area contributed by atoms with E-state index in [0.717, 1.165) is 43.8 Å². The Morgan fingerprint density at radius 3 is 0.810 bits per heavy atom. The minimum absolute atomic E-state index is 0. The molecule has 2 aliphatic rings. The number of benzene rings is 4. The number of ketones is 2. The van der Waals surface area contributed by atoms with Gasteiger partial charge in [-0.05, 0) is 21.5 Å². The van der Waals surface area contributed by atoms with E-state index in [1.165, 1.54) is 41.5 Å². The van der Waals surface area contributed by atoms with E-state index >= 15 is 0 Å². The summed E-state index contributed by atoms with van der Waals surface area (Å²) in [5.74, 6) is -30.3. The van der Waals surface area contributed by atoms with Gasteiger partial charge in [-0.15, -0.1) is 0 Å². The van der Waals surface area contributed by atoms with Crippen LogP contribution in [-0.4, -0.2) is 87.7 Å². The number of aliphatic hydroxyl groups excluding tert-OH is 2. The van der Waals surface area contributed by atoms with Crippen molar-refractivity contribution in [3.8, 4) is 45.6 Å². The largest absolute Gasteiger partial charge is 2.00 e. The maximum Gasteiger partial charge on any atom is 2.00 e. The number of carbonyl (C=O) groups is 2. The molecule has 79 heavy (non-hydrogen) atoms. The van der Waals surface area contributed by atoms with E-state index in [1.807, 2.05) is 97.1 Å². The zero-order chi connectivity index (χ0) is 57.9. The minimum Gasteiger partial charge on any atom is -0.506 e. The Balaban J connectivity index is 0.000000220. The number of allylic oxidation sites excluding steroid dienone is 4. The van der Waals surface area contributed by atoms with Crippen molar-refractivity contribution in [2.75, 3.05) is 0 Å².